The number of rotatable bonds is 4. The van der Waals surface area contributed by atoms with Gasteiger partial charge in [0.05, 0.1) is 11.0 Å². The van der Waals surface area contributed by atoms with Crippen LogP contribution in [0.3, 0.4) is 0 Å². The molecule has 15 heavy (non-hydrogen) atoms. The molecule has 0 fully saturated rings. The molecule has 78 valence electrons. The van der Waals surface area contributed by atoms with E-state index < -0.39 is 0 Å². The van der Waals surface area contributed by atoms with E-state index in [9.17, 15) is 0 Å². The van der Waals surface area contributed by atoms with Crippen LogP contribution in [0.1, 0.15) is 18.9 Å². The van der Waals surface area contributed by atoms with Gasteiger partial charge in [-0.1, -0.05) is 13.0 Å². The van der Waals surface area contributed by atoms with E-state index >= 15 is 0 Å². The van der Waals surface area contributed by atoms with Gasteiger partial charge in [0.25, 0.3) is 0 Å². The minimum Gasteiger partial charge on any atom is -0.313 e. The van der Waals surface area contributed by atoms with Crippen molar-refractivity contribution in [2.45, 2.75) is 19.9 Å². The molecular formula is C12H15N3. The van der Waals surface area contributed by atoms with E-state index in [1.807, 2.05) is 6.07 Å². The fraction of sp³-hybridized carbons (Fsp3) is 0.333. The summed E-state index contributed by atoms with van der Waals surface area (Å²) in [4.78, 5) is 8.52. The van der Waals surface area contributed by atoms with Gasteiger partial charge in [0, 0.05) is 18.9 Å². The van der Waals surface area contributed by atoms with Crippen LogP contribution in [0, 0.1) is 0 Å². The largest absolute Gasteiger partial charge is 0.313 e. The second-order valence-corrected chi connectivity index (χ2v) is 3.56. The first kappa shape index (κ1) is 10.1. The van der Waals surface area contributed by atoms with Gasteiger partial charge in [-0.05, 0) is 30.7 Å². The first-order valence-corrected chi connectivity index (χ1v) is 5.30. The molecule has 1 aromatic carbocycles. The van der Waals surface area contributed by atoms with Gasteiger partial charge in [-0.3, -0.25) is 9.97 Å². The van der Waals surface area contributed by atoms with Gasteiger partial charge < -0.3 is 5.32 Å². The molecule has 2 aromatic rings. The number of nitrogens with zero attached hydrogens (tertiary/aromatic N) is 2. The third-order valence-corrected chi connectivity index (χ3v) is 2.29. The maximum atomic E-state index is 4.28. The third kappa shape index (κ3) is 2.50. The van der Waals surface area contributed by atoms with Crippen molar-refractivity contribution in [3.8, 4) is 0 Å². The van der Waals surface area contributed by atoms with Crippen LogP contribution in [0.25, 0.3) is 11.0 Å². The Morgan fingerprint density at radius 2 is 1.93 bits per heavy atom. The molecule has 0 atom stereocenters. The van der Waals surface area contributed by atoms with Gasteiger partial charge in [0.15, 0.2) is 0 Å². The summed E-state index contributed by atoms with van der Waals surface area (Å²) in [6.07, 6.45) is 4.61. The fourth-order valence-corrected chi connectivity index (χ4v) is 1.53. The molecule has 0 unspecified atom stereocenters. The van der Waals surface area contributed by atoms with Gasteiger partial charge in [0.2, 0.25) is 0 Å². The van der Waals surface area contributed by atoms with Crippen molar-refractivity contribution in [3.05, 3.63) is 36.2 Å². The van der Waals surface area contributed by atoms with Gasteiger partial charge >= 0.3 is 0 Å². The molecular weight excluding hydrogens is 186 g/mol. The first-order chi connectivity index (χ1) is 7.40. The minimum absolute atomic E-state index is 0.903. The Labute approximate surface area is 89.6 Å². The quantitative estimate of drug-likeness (QED) is 0.770. The lowest BCUT2D eigenvalue weighted by molar-refractivity contribution is 0.676. The average molecular weight is 201 g/mol. The highest BCUT2D eigenvalue weighted by Crippen LogP contribution is 2.10. The molecule has 3 nitrogen and oxygen atoms in total. The highest BCUT2D eigenvalue weighted by Gasteiger charge is 1.97. The zero-order valence-electron chi connectivity index (χ0n) is 8.90. The van der Waals surface area contributed by atoms with Crippen molar-refractivity contribution in [1.29, 1.82) is 0 Å². The Kier molecular flexibility index (Phi) is 3.25. The van der Waals surface area contributed by atoms with Crippen molar-refractivity contribution in [1.82, 2.24) is 15.3 Å². The number of aromatic nitrogens is 2. The van der Waals surface area contributed by atoms with Crippen molar-refractivity contribution in [2.75, 3.05) is 6.54 Å². The fourth-order valence-electron chi connectivity index (χ4n) is 1.53. The second-order valence-electron chi connectivity index (χ2n) is 3.56. The number of nitrogens with one attached hydrogen (secondary N) is 1. The molecule has 0 bridgehead atoms. The summed E-state index contributed by atoms with van der Waals surface area (Å²) in [5.74, 6) is 0. The van der Waals surface area contributed by atoms with Crippen LogP contribution < -0.4 is 5.32 Å². The normalized spacial score (nSPS) is 10.7. The second kappa shape index (κ2) is 4.84. The lowest BCUT2D eigenvalue weighted by atomic mass is 10.2. The summed E-state index contributed by atoms with van der Waals surface area (Å²) in [6, 6.07) is 6.20. The first-order valence-electron chi connectivity index (χ1n) is 5.30. The van der Waals surface area contributed by atoms with Crippen LogP contribution >= 0.6 is 0 Å². The van der Waals surface area contributed by atoms with Crippen molar-refractivity contribution in [3.63, 3.8) is 0 Å². The van der Waals surface area contributed by atoms with E-state index in [2.05, 4.69) is 34.3 Å². The Balaban J connectivity index is 2.16. The molecule has 1 aromatic heterocycles. The highest BCUT2D eigenvalue weighted by molar-refractivity contribution is 5.74. The molecule has 0 spiro atoms. The lowest BCUT2D eigenvalue weighted by Crippen LogP contribution is -2.13. The SMILES string of the molecule is CCCNCc1ccc2nccnc2c1. The van der Waals surface area contributed by atoms with Crippen molar-refractivity contribution < 1.29 is 0 Å². The van der Waals surface area contributed by atoms with E-state index in [1.165, 1.54) is 5.56 Å². The number of benzene rings is 1. The molecule has 2 rings (SSSR count). The zero-order chi connectivity index (χ0) is 10.5. The monoisotopic (exact) mass is 201 g/mol. The Bertz CT molecular complexity index is 440. The van der Waals surface area contributed by atoms with Gasteiger partial charge in [0.1, 0.15) is 0 Å². The molecule has 1 N–H and O–H groups in total. The van der Waals surface area contributed by atoms with Gasteiger partial charge in [-0.2, -0.15) is 0 Å². The smallest absolute Gasteiger partial charge is 0.0890 e. The Hall–Kier alpha value is -1.48. The lowest BCUT2D eigenvalue weighted by Gasteiger charge is -2.03. The predicted octanol–water partition coefficient (Wildman–Crippen LogP) is 2.13. The number of hydrogen-bond acceptors (Lipinski definition) is 3. The maximum absolute atomic E-state index is 4.28. The number of fused-ring (bicyclic) bond motifs is 1. The highest BCUT2D eigenvalue weighted by atomic mass is 14.8. The summed E-state index contributed by atoms with van der Waals surface area (Å²) >= 11 is 0. The molecule has 0 saturated heterocycles. The molecule has 0 aliphatic heterocycles. The Morgan fingerprint density at radius 3 is 2.73 bits per heavy atom. The summed E-state index contributed by atoms with van der Waals surface area (Å²) in [5.41, 5.74) is 3.18. The average Bonchev–Trinajstić information content (AvgIpc) is 2.29. The Morgan fingerprint density at radius 1 is 1.13 bits per heavy atom. The van der Waals surface area contributed by atoms with Crippen LogP contribution in [0.4, 0.5) is 0 Å². The summed E-state index contributed by atoms with van der Waals surface area (Å²) in [5, 5.41) is 3.37. The zero-order valence-corrected chi connectivity index (χ0v) is 8.90. The van der Waals surface area contributed by atoms with Crippen molar-refractivity contribution in [2.24, 2.45) is 0 Å². The van der Waals surface area contributed by atoms with Crippen LogP contribution in [0.2, 0.25) is 0 Å². The van der Waals surface area contributed by atoms with Crippen LogP contribution in [-0.4, -0.2) is 16.5 Å². The molecule has 0 aliphatic rings. The van der Waals surface area contributed by atoms with Crippen molar-refractivity contribution >= 4 is 11.0 Å². The van der Waals surface area contributed by atoms with E-state index in [0.29, 0.717) is 0 Å². The molecule has 0 radical (unpaired) electrons. The minimum atomic E-state index is 0.903. The van der Waals surface area contributed by atoms with E-state index in [-0.39, 0.29) is 0 Å². The van der Waals surface area contributed by atoms with E-state index in [1.54, 1.807) is 12.4 Å². The summed E-state index contributed by atoms with van der Waals surface area (Å²) in [6.45, 7) is 4.12. The van der Waals surface area contributed by atoms with Crippen LogP contribution in [0.15, 0.2) is 30.6 Å². The molecule has 1 heterocycles. The molecule has 0 amide bonds. The van der Waals surface area contributed by atoms with Gasteiger partial charge in [-0.15, -0.1) is 0 Å². The third-order valence-electron chi connectivity index (χ3n) is 2.29. The number of hydrogen-bond donors (Lipinski definition) is 1. The van der Waals surface area contributed by atoms with E-state index in [0.717, 1.165) is 30.5 Å². The molecule has 3 heteroatoms. The molecule has 0 saturated carbocycles. The predicted molar refractivity (Wildman–Crippen MR) is 61.5 cm³/mol. The summed E-state index contributed by atoms with van der Waals surface area (Å²) < 4.78 is 0. The van der Waals surface area contributed by atoms with Gasteiger partial charge in [-0.25, -0.2) is 0 Å². The summed E-state index contributed by atoms with van der Waals surface area (Å²) in [7, 11) is 0. The van der Waals surface area contributed by atoms with Crippen LogP contribution in [0.5, 0.6) is 0 Å². The topological polar surface area (TPSA) is 37.8 Å². The van der Waals surface area contributed by atoms with E-state index in [4.69, 9.17) is 0 Å². The van der Waals surface area contributed by atoms with Crippen LogP contribution in [-0.2, 0) is 6.54 Å². The standard InChI is InChI=1S/C12H15N3/c1-2-5-13-9-10-3-4-11-12(8-10)15-7-6-14-11/h3-4,6-8,13H,2,5,9H2,1H3. The maximum Gasteiger partial charge on any atom is 0.0890 e. The molecule has 0 aliphatic carbocycles.